The van der Waals surface area contributed by atoms with Crippen LogP contribution in [0.4, 0.5) is 8.78 Å². The van der Waals surface area contributed by atoms with Crippen molar-refractivity contribution in [3.8, 4) is 0 Å². The fourth-order valence-corrected chi connectivity index (χ4v) is 14.0. The van der Waals surface area contributed by atoms with E-state index in [-0.39, 0.29) is 50.1 Å². The van der Waals surface area contributed by atoms with Crippen molar-refractivity contribution in [2.75, 3.05) is 20.0 Å². The standard InChI is InChI=1S/C43H54F2O12/c1-36-11-9-24(46)13-22(36)5-7-26-28-15-30(48)42(54,38(28,3)17-32(50)40(26,36)44)34(52)19-56-21-57-20-35(53)43(55)31(49)16-29-27-8-6-23-14-25(47)10-12-37(23,2)41(27,45)33(51)18-39(29,43)4/h9-14,26-33,48-51,54-55H,5-8,15-21H2,1-4H3/t26-,27+,28-,29+,30+,31-,32-,33+,36-,37+,38-,39+,40-,41+,42-,43+. The average molecular weight is 801 g/mol. The Balaban J connectivity index is 0.921. The Labute approximate surface area is 329 Å². The van der Waals surface area contributed by atoms with Gasteiger partial charge >= 0.3 is 0 Å². The summed E-state index contributed by atoms with van der Waals surface area (Å²) in [6.07, 6.45) is 2.12. The lowest BCUT2D eigenvalue weighted by atomic mass is 9.44. The van der Waals surface area contributed by atoms with E-state index in [1.165, 1.54) is 36.5 Å². The molecule has 312 valence electrons. The largest absolute Gasteiger partial charge is 0.390 e. The van der Waals surface area contributed by atoms with E-state index in [0.717, 1.165) is 0 Å². The lowest BCUT2D eigenvalue weighted by molar-refractivity contribution is -0.224. The highest BCUT2D eigenvalue weighted by Crippen LogP contribution is 2.71. The van der Waals surface area contributed by atoms with Crippen LogP contribution in [0.5, 0.6) is 0 Å². The first-order valence-electron chi connectivity index (χ1n) is 20.2. The van der Waals surface area contributed by atoms with Crippen molar-refractivity contribution in [1.29, 1.82) is 0 Å². The van der Waals surface area contributed by atoms with Crippen LogP contribution < -0.4 is 0 Å². The number of allylic oxidation sites excluding steroid dienone is 8. The van der Waals surface area contributed by atoms with E-state index in [4.69, 9.17) is 9.47 Å². The Morgan fingerprint density at radius 1 is 0.649 bits per heavy atom. The Morgan fingerprint density at radius 2 is 1.02 bits per heavy atom. The van der Waals surface area contributed by atoms with Gasteiger partial charge in [0.25, 0.3) is 0 Å². The number of carbonyl (C=O) groups is 4. The summed E-state index contributed by atoms with van der Waals surface area (Å²) in [6.45, 7) is 4.16. The van der Waals surface area contributed by atoms with Crippen molar-refractivity contribution in [2.24, 2.45) is 45.3 Å². The van der Waals surface area contributed by atoms with E-state index < -0.39 is 124 Å². The number of hydrogen-bond donors (Lipinski definition) is 6. The van der Waals surface area contributed by atoms with Gasteiger partial charge in [-0.1, -0.05) is 37.1 Å². The van der Waals surface area contributed by atoms with Gasteiger partial charge in [-0.3, -0.25) is 19.2 Å². The zero-order chi connectivity index (χ0) is 41.5. The predicted octanol–water partition coefficient (Wildman–Crippen LogP) is 2.26. The topological polar surface area (TPSA) is 208 Å². The van der Waals surface area contributed by atoms with Crippen LogP contribution in [0.25, 0.3) is 0 Å². The van der Waals surface area contributed by atoms with Crippen LogP contribution in [0.3, 0.4) is 0 Å². The van der Waals surface area contributed by atoms with Gasteiger partial charge < -0.3 is 40.1 Å². The maximum Gasteiger partial charge on any atom is 0.193 e. The lowest BCUT2D eigenvalue weighted by Crippen LogP contribution is -2.69. The molecule has 8 aliphatic rings. The monoisotopic (exact) mass is 800 g/mol. The minimum Gasteiger partial charge on any atom is -0.390 e. The maximum atomic E-state index is 17.4. The quantitative estimate of drug-likeness (QED) is 0.155. The van der Waals surface area contributed by atoms with Crippen molar-refractivity contribution in [1.82, 2.24) is 0 Å². The van der Waals surface area contributed by atoms with Gasteiger partial charge in [0.05, 0.1) is 24.4 Å². The third-order valence-corrected chi connectivity index (χ3v) is 17.2. The smallest absolute Gasteiger partial charge is 0.193 e. The molecule has 0 amide bonds. The summed E-state index contributed by atoms with van der Waals surface area (Å²) in [5.41, 5.74) is -13.7. The molecule has 14 heteroatoms. The highest BCUT2D eigenvalue weighted by atomic mass is 19.1. The van der Waals surface area contributed by atoms with Crippen molar-refractivity contribution in [2.45, 2.75) is 126 Å². The third kappa shape index (κ3) is 4.87. The summed E-state index contributed by atoms with van der Waals surface area (Å²) < 4.78 is 45.7. The first-order valence-corrected chi connectivity index (χ1v) is 20.2. The summed E-state index contributed by atoms with van der Waals surface area (Å²) in [5.74, 6) is -5.52. The summed E-state index contributed by atoms with van der Waals surface area (Å²) in [6, 6.07) is 0. The predicted molar refractivity (Wildman–Crippen MR) is 196 cm³/mol. The second kappa shape index (κ2) is 12.8. The van der Waals surface area contributed by atoms with E-state index in [9.17, 15) is 49.8 Å². The molecule has 0 radical (unpaired) electrons. The summed E-state index contributed by atoms with van der Waals surface area (Å²) >= 11 is 0. The fraction of sp³-hybridized carbons (Fsp3) is 0.721. The number of aliphatic hydroxyl groups excluding tert-OH is 4. The van der Waals surface area contributed by atoms with Crippen LogP contribution in [0, 0.1) is 45.3 Å². The van der Waals surface area contributed by atoms with Gasteiger partial charge in [0.2, 0.25) is 0 Å². The molecular formula is C43H54F2O12. The number of Topliss-reactive ketones (excluding diaryl/α,β-unsaturated/α-hetero) is 2. The van der Waals surface area contributed by atoms with Crippen LogP contribution >= 0.6 is 0 Å². The fourth-order valence-electron chi connectivity index (χ4n) is 14.0. The molecule has 0 unspecified atom stereocenters. The van der Waals surface area contributed by atoms with E-state index in [1.54, 1.807) is 27.7 Å². The molecule has 0 aromatic heterocycles. The zero-order valence-corrected chi connectivity index (χ0v) is 32.7. The first-order chi connectivity index (χ1) is 26.5. The van der Waals surface area contributed by atoms with Gasteiger partial charge in [-0.05, 0) is 101 Å². The Morgan fingerprint density at radius 3 is 1.39 bits per heavy atom. The summed E-state index contributed by atoms with van der Waals surface area (Å²) in [5, 5.41) is 69.6. The van der Waals surface area contributed by atoms with Gasteiger partial charge in [0, 0.05) is 33.5 Å². The molecule has 0 aromatic carbocycles. The molecule has 12 nitrogen and oxygen atoms in total. The van der Waals surface area contributed by atoms with Gasteiger partial charge in [-0.15, -0.1) is 0 Å². The van der Waals surface area contributed by atoms with E-state index in [0.29, 0.717) is 24.0 Å². The molecule has 6 saturated carbocycles. The molecule has 0 aliphatic heterocycles. The van der Waals surface area contributed by atoms with Crippen molar-refractivity contribution >= 4 is 23.1 Å². The molecule has 57 heavy (non-hydrogen) atoms. The number of ketones is 4. The molecule has 0 aromatic rings. The van der Waals surface area contributed by atoms with Gasteiger partial charge in [-0.25, -0.2) is 8.78 Å². The number of ether oxygens (including phenoxy) is 2. The molecule has 0 bridgehead atoms. The molecular weight excluding hydrogens is 746 g/mol. The number of alkyl halides is 2. The molecule has 6 fully saturated rings. The van der Waals surface area contributed by atoms with Gasteiger partial charge in [0.15, 0.2) is 45.7 Å². The van der Waals surface area contributed by atoms with E-state index in [1.807, 2.05) is 0 Å². The van der Waals surface area contributed by atoms with Gasteiger partial charge in [0.1, 0.15) is 20.0 Å². The third-order valence-electron chi connectivity index (χ3n) is 17.2. The van der Waals surface area contributed by atoms with Crippen molar-refractivity contribution in [3.63, 3.8) is 0 Å². The second-order valence-electron chi connectivity index (χ2n) is 19.2. The molecule has 8 aliphatic carbocycles. The van der Waals surface area contributed by atoms with E-state index in [2.05, 4.69) is 0 Å². The second-order valence-corrected chi connectivity index (χ2v) is 19.2. The molecule has 0 spiro atoms. The molecule has 8 rings (SSSR count). The minimum absolute atomic E-state index is 0.113. The number of carbonyl (C=O) groups excluding carboxylic acids is 4. The SMILES string of the molecule is C[C@]12C=CC(=O)C=C1CC[C@H]1[C@@H]3C[C@@H](O)[C@](O)(C(=O)COCOCC(=O)[C@]4(O)[C@@H](O)C[C@@H]5[C@H]6CCC7=CC(=O)C=C[C@@]7(C)[C@]6(F)[C@H](O)C[C@]54C)[C@@]3(C)C[C@H](O)[C@@]12F. The Hall–Kier alpha value is -2.82. The van der Waals surface area contributed by atoms with Crippen molar-refractivity contribution in [3.05, 3.63) is 47.6 Å². The molecule has 0 saturated heterocycles. The summed E-state index contributed by atoms with van der Waals surface area (Å²) in [4.78, 5) is 51.8. The lowest BCUT2D eigenvalue weighted by Gasteiger charge is -2.62. The minimum atomic E-state index is -2.43. The zero-order valence-electron chi connectivity index (χ0n) is 32.7. The molecule has 0 heterocycles. The number of aliphatic hydroxyl groups is 6. The highest BCUT2D eigenvalue weighted by Gasteiger charge is 2.78. The molecule has 6 N–H and O–H groups in total. The number of hydrogen-bond acceptors (Lipinski definition) is 12. The number of halogens is 2. The Bertz CT molecular complexity index is 1790. The van der Waals surface area contributed by atoms with Crippen LogP contribution in [-0.4, -0.2) is 121 Å². The number of fused-ring (bicyclic) bond motifs is 10. The van der Waals surface area contributed by atoms with Crippen LogP contribution in [0.15, 0.2) is 47.6 Å². The summed E-state index contributed by atoms with van der Waals surface area (Å²) in [7, 11) is 0. The number of rotatable bonds is 8. The maximum absolute atomic E-state index is 17.4. The normalized spacial score (nSPS) is 52.1. The Kier molecular flexibility index (Phi) is 9.22. The average Bonchev–Trinajstić information content (AvgIpc) is 3.48. The highest BCUT2D eigenvalue weighted by molar-refractivity contribution is 6.02. The first kappa shape index (κ1) is 40.9. The van der Waals surface area contributed by atoms with Crippen LogP contribution in [-0.2, 0) is 28.7 Å². The van der Waals surface area contributed by atoms with Crippen LogP contribution in [0.2, 0.25) is 0 Å². The van der Waals surface area contributed by atoms with Crippen LogP contribution in [0.1, 0.15) is 79.1 Å². The van der Waals surface area contributed by atoms with Crippen molar-refractivity contribution < 1.29 is 68.1 Å². The molecule has 16 atom stereocenters. The van der Waals surface area contributed by atoms with E-state index >= 15 is 8.78 Å². The van der Waals surface area contributed by atoms with Gasteiger partial charge in [-0.2, -0.15) is 0 Å².